The van der Waals surface area contributed by atoms with Gasteiger partial charge in [-0.2, -0.15) is 5.26 Å². The maximum atomic E-state index is 11.1. The molecule has 0 aliphatic carbocycles. The fourth-order valence-corrected chi connectivity index (χ4v) is 1.87. The molecule has 3 aromatic rings. The number of aromatic amines is 2. The molecule has 2 aromatic heterocycles. The van der Waals surface area contributed by atoms with Crippen molar-refractivity contribution in [3.63, 3.8) is 0 Å². The SMILES string of the molecule is N#CC(c1ccc2[nH]c(=O)oc2c1)c1ncc[nH]1. The molecule has 0 saturated heterocycles. The quantitative estimate of drug-likeness (QED) is 0.709. The number of hydrogen-bond acceptors (Lipinski definition) is 4. The number of benzene rings is 1. The van der Waals surface area contributed by atoms with Crippen molar-refractivity contribution in [3.05, 3.63) is 52.5 Å². The molecule has 0 fully saturated rings. The van der Waals surface area contributed by atoms with Gasteiger partial charge in [0.25, 0.3) is 0 Å². The molecule has 0 saturated carbocycles. The van der Waals surface area contributed by atoms with Crippen LogP contribution in [0, 0.1) is 11.3 Å². The number of nitrogens with one attached hydrogen (secondary N) is 2. The minimum Gasteiger partial charge on any atom is -0.408 e. The van der Waals surface area contributed by atoms with E-state index in [2.05, 4.69) is 21.0 Å². The van der Waals surface area contributed by atoms with Crippen LogP contribution in [-0.4, -0.2) is 15.0 Å². The second-order valence-corrected chi connectivity index (χ2v) is 3.81. The highest BCUT2D eigenvalue weighted by Crippen LogP contribution is 2.23. The first-order chi connectivity index (χ1) is 8.78. The van der Waals surface area contributed by atoms with Gasteiger partial charge in [-0.1, -0.05) is 6.07 Å². The van der Waals surface area contributed by atoms with E-state index >= 15 is 0 Å². The second kappa shape index (κ2) is 3.89. The highest BCUT2D eigenvalue weighted by atomic mass is 16.4. The lowest BCUT2D eigenvalue weighted by Gasteiger charge is -2.05. The zero-order chi connectivity index (χ0) is 12.5. The van der Waals surface area contributed by atoms with E-state index in [1.807, 2.05) is 0 Å². The van der Waals surface area contributed by atoms with Gasteiger partial charge in [0.1, 0.15) is 11.7 Å². The van der Waals surface area contributed by atoms with Crippen LogP contribution in [0.1, 0.15) is 17.3 Å². The third kappa shape index (κ3) is 1.58. The summed E-state index contributed by atoms with van der Waals surface area (Å²) in [6.07, 6.45) is 3.25. The number of nitriles is 1. The molecule has 2 heterocycles. The first kappa shape index (κ1) is 10.4. The van der Waals surface area contributed by atoms with Gasteiger partial charge in [0.15, 0.2) is 5.58 Å². The number of H-pyrrole nitrogens is 2. The summed E-state index contributed by atoms with van der Waals surface area (Å²) in [5.41, 5.74) is 1.77. The van der Waals surface area contributed by atoms with Crippen LogP contribution in [0.25, 0.3) is 11.1 Å². The third-order valence-corrected chi connectivity index (χ3v) is 2.70. The molecule has 6 nitrogen and oxygen atoms in total. The van der Waals surface area contributed by atoms with Crippen molar-refractivity contribution in [2.75, 3.05) is 0 Å². The molecular formula is C12H8N4O2. The summed E-state index contributed by atoms with van der Waals surface area (Å²) in [4.78, 5) is 20.6. The van der Waals surface area contributed by atoms with Crippen LogP contribution in [0.15, 0.2) is 39.8 Å². The van der Waals surface area contributed by atoms with Gasteiger partial charge in [-0.05, 0) is 17.7 Å². The van der Waals surface area contributed by atoms with Gasteiger partial charge in [-0.25, -0.2) is 9.78 Å². The Morgan fingerprint density at radius 3 is 3.06 bits per heavy atom. The normalized spacial score (nSPS) is 12.4. The average molecular weight is 240 g/mol. The van der Waals surface area contributed by atoms with Crippen molar-refractivity contribution in [2.45, 2.75) is 5.92 Å². The Morgan fingerprint density at radius 1 is 1.44 bits per heavy atom. The topological polar surface area (TPSA) is 98.5 Å². The number of fused-ring (bicyclic) bond motifs is 1. The molecule has 1 atom stereocenters. The standard InChI is InChI=1S/C12H8N4O2/c13-6-8(11-14-3-4-15-11)7-1-2-9-10(5-7)18-12(17)16-9/h1-5,8H,(H,14,15)(H,16,17). The molecule has 1 aromatic carbocycles. The van der Waals surface area contributed by atoms with Crippen LogP contribution in [0.4, 0.5) is 0 Å². The van der Waals surface area contributed by atoms with Gasteiger partial charge in [-0.15, -0.1) is 0 Å². The fourth-order valence-electron chi connectivity index (χ4n) is 1.87. The highest BCUT2D eigenvalue weighted by molar-refractivity contribution is 5.73. The van der Waals surface area contributed by atoms with E-state index < -0.39 is 11.7 Å². The second-order valence-electron chi connectivity index (χ2n) is 3.81. The van der Waals surface area contributed by atoms with Gasteiger partial charge in [0.2, 0.25) is 0 Å². The molecule has 1 unspecified atom stereocenters. The summed E-state index contributed by atoms with van der Waals surface area (Å²) < 4.78 is 4.97. The van der Waals surface area contributed by atoms with Crippen LogP contribution in [0.5, 0.6) is 0 Å². The Bertz CT molecular complexity index is 776. The van der Waals surface area contributed by atoms with E-state index in [-0.39, 0.29) is 0 Å². The van der Waals surface area contributed by atoms with E-state index in [1.54, 1.807) is 30.6 Å². The maximum absolute atomic E-state index is 11.1. The lowest BCUT2D eigenvalue weighted by atomic mass is 10.00. The molecule has 0 radical (unpaired) electrons. The van der Waals surface area contributed by atoms with Gasteiger partial charge in [0, 0.05) is 12.4 Å². The van der Waals surface area contributed by atoms with Crippen molar-refractivity contribution in [1.29, 1.82) is 5.26 Å². The van der Waals surface area contributed by atoms with E-state index in [0.29, 0.717) is 16.9 Å². The Kier molecular flexibility index (Phi) is 2.24. The summed E-state index contributed by atoms with van der Waals surface area (Å²) in [6, 6.07) is 7.32. The van der Waals surface area contributed by atoms with Crippen molar-refractivity contribution < 1.29 is 4.42 Å². The van der Waals surface area contributed by atoms with E-state index in [1.165, 1.54) is 0 Å². The first-order valence-electron chi connectivity index (χ1n) is 5.29. The first-order valence-corrected chi connectivity index (χ1v) is 5.29. The lowest BCUT2D eigenvalue weighted by molar-refractivity contribution is 0.555. The lowest BCUT2D eigenvalue weighted by Crippen LogP contribution is -2.00. The van der Waals surface area contributed by atoms with Crippen LogP contribution in [-0.2, 0) is 0 Å². The number of rotatable bonds is 2. The number of aromatic nitrogens is 3. The summed E-state index contributed by atoms with van der Waals surface area (Å²) in [7, 11) is 0. The number of imidazole rings is 1. The van der Waals surface area contributed by atoms with Gasteiger partial charge >= 0.3 is 5.76 Å². The Morgan fingerprint density at radius 2 is 2.33 bits per heavy atom. The number of hydrogen-bond donors (Lipinski definition) is 2. The third-order valence-electron chi connectivity index (χ3n) is 2.70. The predicted octanol–water partition coefficient (Wildman–Crippen LogP) is 1.50. The summed E-state index contributed by atoms with van der Waals surface area (Å²) in [6.45, 7) is 0. The van der Waals surface area contributed by atoms with E-state index in [4.69, 9.17) is 4.42 Å². The number of nitrogens with zero attached hydrogens (tertiary/aromatic N) is 2. The summed E-state index contributed by atoms with van der Waals surface area (Å²) >= 11 is 0. The van der Waals surface area contributed by atoms with E-state index in [9.17, 15) is 10.1 Å². The Hall–Kier alpha value is -2.81. The van der Waals surface area contributed by atoms with Crippen LogP contribution in [0.2, 0.25) is 0 Å². The zero-order valence-electron chi connectivity index (χ0n) is 9.18. The maximum Gasteiger partial charge on any atom is 0.417 e. The average Bonchev–Trinajstić information content (AvgIpc) is 2.97. The molecular weight excluding hydrogens is 232 g/mol. The predicted molar refractivity (Wildman–Crippen MR) is 62.9 cm³/mol. The molecule has 0 amide bonds. The van der Waals surface area contributed by atoms with Crippen molar-refractivity contribution in [2.24, 2.45) is 0 Å². The minimum atomic E-state index is -0.510. The monoisotopic (exact) mass is 240 g/mol. The van der Waals surface area contributed by atoms with E-state index in [0.717, 1.165) is 5.56 Å². The Balaban J connectivity index is 2.13. The van der Waals surface area contributed by atoms with Crippen molar-refractivity contribution in [3.8, 4) is 6.07 Å². The zero-order valence-corrected chi connectivity index (χ0v) is 9.18. The van der Waals surface area contributed by atoms with Gasteiger partial charge in [-0.3, -0.25) is 4.98 Å². The molecule has 0 aliphatic rings. The molecule has 3 rings (SSSR count). The van der Waals surface area contributed by atoms with Crippen LogP contribution >= 0.6 is 0 Å². The van der Waals surface area contributed by atoms with Crippen LogP contribution in [0.3, 0.4) is 0 Å². The molecule has 0 bridgehead atoms. The van der Waals surface area contributed by atoms with Crippen LogP contribution < -0.4 is 5.76 Å². The summed E-state index contributed by atoms with van der Waals surface area (Å²) in [5.74, 6) is -0.451. The molecule has 0 spiro atoms. The van der Waals surface area contributed by atoms with Crippen molar-refractivity contribution in [1.82, 2.24) is 15.0 Å². The highest BCUT2D eigenvalue weighted by Gasteiger charge is 2.16. The van der Waals surface area contributed by atoms with Crippen molar-refractivity contribution >= 4 is 11.1 Å². The van der Waals surface area contributed by atoms with Gasteiger partial charge in [0.05, 0.1) is 11.6 Å². The number of oxazole rings is 1. The molecule has 0 aliphatic heterocycles. The minimum absolute atomic E-state index is 0.435. The largest absolute Gasteiger partial charge is 0.417 e. The molecule has 88 valence electrons. The smallest absolute Gasteiger partial charge is 0.408 e. The molecule has 2 N–H and O–H groups in total. The molecule has 18 heavy (non-hydrogen) atoms. The molecule has 6 heteroatoms. The summed E-state index contributed by atoms with van der Waals surface area (Å²) in [5, 5.41) is 9.22. The fraction of sp³-hybridized carbons (Fsp3) is 0.0833. The Labute approximate surface area is 101 Å². The van der Waals surface area contributed by atoms with Gasteiger partial charge < -0.3 is 9.40 Å².